The molecule has 0 bridgehead atoms. The molecule has 1 aliphatic heterocycles. The van der Waals surface area contributed by atoms with Gasteiger partial charge >= 0.3 is 0 Å². The van der Waals surface area contributed by atoms with Crippen molar-refractivity contribution in [3.05, 3.63) is 29.0 Å². The zero-order chi connectivity index (χ0) is 13.0. The summed E-state index contributed by atoms with van der Waals surface area (Å²) in [6.07, 6.45) is 7.21. The largest absolute Gasteiger partial charge is 0.336 e. The SMILES string of the molecule is NCC[C@H]1CCCCN1C(=O)c1ccncc1Cl. The molecule has 4 nitrogen and oxygen atoms in total. The minimum Gasteiger partial charge on any atom is -0.336 e. The van der Waals surface area contributed by atoms with Crippen molar-refractivity contribution in [1.29, 1.82) is 0 Å². The lowest BCUT2D eigenvalue weighted by Crippen LogP contribution is -2.44. The summed E-state index contributed by atoms with van der Waals surface area (Å²) < 4.78 is 0. The molecule has 1 fully saturated rings. The van der Waals surface area contributed by atoms with Gasteiger partial charge in [-0.15, -0.1) is 0 Å². The summed E-state index contributed by atoms with van der Waals surface area (Å²) in [4.78, 5) is 18.3. The number of likely N-dealkylation sites (tertiary alicyclic amines) is 1. The molecule has 0 spiro atoms. The van der Waals surface area contributed by atoms with Gasteiger partial charge in [0.1, 0.15) is 0 Å². The monoisotopic (exact) mass is 267 g/mol. The van der Waals surface area contributed by atoms with E-state index in [1.54, 1.807) is 12.3 Å². The Morgan fingerprint density at radius 2 is 2.39 bits per heavy atom. The maximum Gasteiger partial charge on any atom is 0.255 e. The number of amides is 1. The van der Waals surface area contributed by atoms with Crippen molar-refractivity contribution in [3.8, 4) is 0 Å². The van der Waals surface area contributed by atoms with Gasteiger partial charge in [-0.3, -0.25) is 9.78 Å². The van der Waals surface area contributed by atoms with Gasteiger partial charge in [-0.1, -0.05) is 11.6 Å². The number of piperidine rings is 1. The van der Waals surface area contributed by atoms with Crippen LogP contribution in [-0.2, 0) is 0 Å². The number of carbonyl (C=O) groups is 1. The van der Waals surface area contributed by atoms with Crippen LogP contribution in [0.2, 0.25) is 5.02 Å². The summed E-state index contributed by atoms with van der Waals surface area (Å²) >= 11 is 6.03. The third kappa shape index (κ3) is 2.82. The molecular formula is C13H18ClN3O. The van der Waals surface area contributed by atoms with Crippen LogP contribution in [0.25, 0.3) is 0 Å². The number of halogens is 1. The summed E-state index contributed by atoms with van der Waals surface area (Å²) in [5.41, 5.74) is 6.15. The van der Waals surface area contributed by atoms with Gasteiger partial charge < -0.3 is 10.6 Å². The Morgan fingerprint density at radius 1 is 1.56 bits per heavy atom. The molecule has 0 saturated carbocycles. The number of aromatic nitrogens is 1. The summed E-state index contributed by atoms with van der Waals surface area (Å²) in [6.45, 7) is 1.40. The Balaban J connectivity index is 2.18. The van der Waals surface area contributed by atoms with Gasteiger partial charge in [-0.05, 0) is 38.3 Å². The highest BCUT2D eigenvalue weighted by Crippen LogP contribution is 2.24. The summed E-state index contributed by atoms with van der Waals surface area (Å²) in [5, 5.41) is 0.416. The van der Waals surface area contributed by atoms with Crippen molar-refractivity contribution < 1.29 is 4.79 Å². The Bertz CT molecular complexity index is 422. The molecule has 2 N–H and O–H groups in total. The molecule has 1 aromatic rings. The van der Waals surface area contributed by atoms with Crippen molar-refractivity contribution in [2.24, 2.45) is 5.73 Å². The van der Waals surface area contributed by atoms with E-state index in [-0.39, 0.29) is 11.9 Å². The van der Waals surface area contributed by atoms with E-state index >= 15 is 0 Å². The van der Waals surface area contributed by atoms with Gasteiger partial charge in [0.05, 0.1) is 10.6 Å². The number of hydrogen-bond acceptors (Lipinski definition) is 3. The number of nitrogens with two attached hydrogens (primary N) is 1. The molecular weight excluding hydrogens is 250 g/mol. The first kappa shape index (κ1) is 13.3. The smallest absolute Gasteiger partial charge is 0.255 e. The van der Waals surface area contributed by atoms with Gasteiger partial charge in [-0.2, -0.15) is 0 Å². The van der Waals surface area contributed by atoms with Crippen molar-refractivity contribution in [2.45, 2.75) is 31.7 Å². The van der Waals surface area contributed by atoms with E-state index in [9.17, 15) is 4.79 Å². The summed E-state index contributed by atoms with van der Waals surface area (Å²) in [7, 11) is 0. The molecule has 1 saturated heterocycles. The van der Waals surface area contributed by atoms with Crippen molar-refractivity contribution in [1.82, 2.24) is 9.88 Å². The van der Waals surface area contributed by atoms with Crippen LogP contribution in [0.3, 0.4) is 0 Å². The van der Waals surface area contributed by atoms with E-state index in [1.807, 2.05) is 4.90 Å². The van der Waals surface area contributed by atoms with Crippen LogP contribution in [-0.4, -0.2) is 34.9 Å². The lowest BCUT2D eigenvalue weighted by molar-refractivity contribution is 0.0605. The average molecular weight is 268 g/mol. The van der Waals surface area contributed by atoms with Gasteiger partial charge in [0, 0.05) is 25.0 Å². The highest BCUT2D eigenvalue weighted by molar-refractivity contribution is 6.33. The highest BCUT2D eigenvalue weighted by atomic mass is 35.5. The van der Waals surface area contributed by atoms with E-state index in [4.69, 9.17) is 17.3 Å². The van der Waals surface area contributed by atoms with Crippen LogP contribution in [0.5, 0.6) is 0 Å². The Morgan fingerprint density at radius 3 is 3.11 bits per heavy atom. The molecule has 0 aliphatic carbocycles. The third-order valence-electron chi connectivity index (χ3n) is 3.39. The van der Waals surface area contributed by atoms with Crippen LogP contribution in [0.4, 0.5) is 0 Å². The minimum absolute atomic E-state index is 0.000509. The van der Waals surface area contributed by atoms with Gasteiger partial charge in [-0.25, -0.2) is 0 Å². The number of pyridine rings is 1. The molecule has 2 heterocycles. The van der Waals surface area contributed by atoms with Crippen molar-refractivity contribution >= 4 is 17.5 Å². The van der Waals surface area contributed by atoms with Crippen LogP contribution < -0.4 is 5.73 Å². The first-order valence-electron chi connectivity index (χ1n) is 6.34. The quantitative estimate of drug-likeness (QED) is 0.912. The van der Waals surface area contributed by atoms with Crippen LogP contribution in [0.15, 0.2) is 18.5 Å². The van der Waals surface area contributed by atoms with Crippen LogP contribution in [0, 0.1) is 0 Å². The zero-order valence-electron chi connectivity index (χ0n) is 10.3. The van der Waals surface area contributed by atoms with E-state index in [0.29, 0.717) is 17.1 Å². The highest BCUT2D eigenvalue weighted by Gasteiger charge is 2.27. The maximum atomic E-state index is 12.5. The third-order valence-corrected chi connectivity index (χ3v) is 3.69. The Labute approximate surface area is 112 Å². The predicted octanol–water partition coefficient (Wildman–Crippen LogP) is 2.08. The minimum atomic E-state index is 0.000509. The lowest BCUT2D eigenvalue weighted by atomic mass is 9.98. The molecule has 2 rings (SSSR count). The number of nitrogens with zero attached hydrogens (tertiary/aromatic N) is 2. The molecule has 1 aromatic heterocycles. The summed E-state index contributed by atoms with van der Waals surface area (Å²) in [5.74, 6) is 0.000509. The molecule has 18 heavy (non-hydrogen) atoms. The molecule has 0 radical (unpaired) electrons. The van der Waals surface area contributed by atoms with E-state index in [2.05, 4.69) is 4.98 Å². The fourth-order valence-electron chi connectivity index (χ4n) is 2.46. The molecule has 5 heteroatoms. The Kier molecular flexibility index (Phi) is 4.55. The second-order valence-electron chi connectivity index (χ2n) is 4.58. The predicted molar refractivity (Wildman–Crippen MR) is 71.6 cm³/mol. The van der Waals surface area contributed by atoms with Gasteiger partial charge in [0.2, 0.25) is 0 Å². The second kappa shape index (κ2) is 6.16. The molecule has 0 aromatic carbocycles. The van der Waals surface area contributed by atoms with E-state index in [1.165, 1.54) is 12.6 Å². The molecule has 1 aliphatic rings. The van der Waals surface area contributed by atoms with Crippen molar-refractivity contribution in [2.75, 3.05) is 13.1 Å². The van der Waals surface area contributed by atoms with Crippen LogP contribution >= 0.6 is 11.6 Å². The van der Waals surface area contributed by atoms with Gasteiger partial charge in [0.15, 0.2) is 0 Å². The normalized spacial score (nSPS) is 19.9. The van der Waals surface area contributed by atoms with Crippen LogP contribution in [0.1, 0.15) is 36.0 Å². The average Bonchev–Trinajstić information content (AvgIpc) is 2.40. The first-order valence-corrected chi connectivity index (χ1v) is 6.72. The standard InChI is InChI=1S/C13H18ClN3O/c14-12-9-16-7-5-11(12)13(18)17-8-2-1-3-10(17)4-6-15/h5,7,9-10H,1-4,6,8,15H2/t10-/m1/s1. The van der Waals surface area contributed by atoms with Gasteiger partial charge in [0.25, 0.3) is 5.91 Å². The number of rotatable bonds is 3. The topological polar surface area (TPSA) is 59.2 Å². The molecule has 1 amide bonds. The molecule has 1 atom stereocenters. The molecule has 98 valence electrons. The van der Waals surface area contributed by atoms with E-state index < -0.39 is 0 Å². The fourth-order valence-corrected chi connectivity index (χ4v) is 2.66. The molecule has 0 unspecified atom stereocenters. The zero-order valence-corrected chi connectivity index (χ0v) is 11.1. The lowest BCUT2D eigenvalue weighted by Gasteiger charge is -2.35. The fraction of sp³-hybridized carbons (Fsp3) is 0.538. The van der Waals surface area contributed by atoms with E-state index in [0.717, 1.165) is 25.8 Å². The number of carbonyl (C=O) groups excluding carboxylic acids is 1. The van der Waals surface area contributed by atoms with Crippen molar-refractivity contribution in [3.63, 3.8) is 0 Å². The Hall–Kier alpha value is -1.13. The second-order valence-corrected chi connectivity index (χ2v) is 4.99. The number of hydrogen-bond donors (Lipinski definition) is 1. The summed E-state index contributed by atoms with van der Waals surface area (Å²) in [6, 6.07) is 1.93. The first-order chi connectivity index (χ1) is 8.74. The maximum absolute atomic E-state index is 12.5.